The lowest BCUT2D eigenvalue weighted by molar-refractivity contribution is 0.409. The van der Waals surface area contributed by atoms with Crippen LogP contribution >= 0.6 is 11.6 Å². The Morgan fingerprint density at radius 2 is 2.21 bits per heavy atom. The standard InChI is InChI=1S/C14H20ClN3O/c1-4-16-12(13-6-7-14(15)19-13)9-11-8-10(3)17-18(11)5-2/h6-8,12,16H,4-5,9H2,1-3H3. The van der Waals surface area contributed by atoms with E-state index >= 15 is 0 Å². The van der Waals surface area contributed by atoms with Gasteiger partial charge in [0.1, 0.15) is 5.76 Å². The van der Waals surface area contributed by atoms with Gasteiger partial charge in [0.2, 0.25) is 0 Å². The van der Waals surface area contributed by atoms with E-state index in [9.17, 15) is 0 Å². The number of furan rings is 1. The van der Waals surface area contributed by atoms with Crippen molar-refractivity contribution in [1.29, 1.82) is 0 Å². The highest BCUT2D eigenvalue weighted by Crippen LogP contribution is 2.23. The van der Waals surface area contributed by atoms with Gasteiger partial charge in [-0.15, -0.1) is 0 Å². The summed E-state index contributed by atoms with van der Waals surface area (Å²) < 4.78 is 7.56. The molecule has 0 spiro atoms. The van der Waals surface area contributed by atoms with Gasteiger partial charge in [-0.1, -0.05) is 6.92 Å². The van der Waals surface area contributed by atoms with Crippen molar-refractivity contribution in [2.75, 3.05) is 6.54 Å². The van der Waals surface area contributed by atoms with Crippen LogP contribution in [-0.2, 0) is 13.0 Å². The number of likely N-dealkylation sites (N-methyl/N-ethyl adjacent to an activating group) is 1. The van der Waals surface area contributed by atoms with Gasteiger partial charge in [0.15, 0.2) is 5.22 Å². The van der Waals surface area contributed by atoms with E-state index in [0.717, 1.165) is 31.0 Å². The largest absolute Gasteiger partial charge is 0.448 e. The van der Waals surface area contributed by atoms with E-state index in [-0.39, 0.29) is 6.04 Å². The molecule has 0 aliphatic heterocycles. The molecule has 1 unspecified atom stereocenters. The zero-order valence-corrected chi connectivity index (χ0v) is 12.4. The minimum Gasteiger partial charge on any atom is -0.448 e. The van der Waals surface area contributed by atoms with Gasteiger partial charge in [-0.05, 0) is 50.2 Å². The van der Waals surface area contributed by atoms with E-state index in [2.05, 4.69) is 30.3 Å². The number of hydrogen-bond acceptors (Lipinski definition) is 3. The van der Waals surface area contributed by atoms with E-state index in [1.165, 1.54) is 5.69 Å². The molecule has 0 amide bonds. The maximum Gasteiger partial charge on any atom is 0.193 e. The van der Waals surface area contributed by atoms with Gasteiger partial charge in [-0.3, -0.25) is 4.68 Å². The molecule has 2 heterocycles. The number of rotatable bonds is 6. The highest BCUT2D eigenvalue weighted by Gasteiger charge is 2.17. The number of aryl methyl sites for hydroxylation is 2. The quantitative estimate of drug-likeness (QED) is 0.883. The third-order valence-corrected chi connectivity index (χ3v) is 3.29. The first-order chi connectivity index (χ1) is 9.13. The third-order valence-electron chi connectivity index (χ3n) is 3.09. The molecule has 0 radical (unpaired) electrons. The summed E-state index contributed by atoms with van der Waals surface area (Å²) in [6.07, 6.45) is 0.840. The van der Waals surface area contributed by atoms with Crippen LogP contribution < -0.4 is 5.32 Å². The van der Waals surface area contributed by atoms with E-state index < -0.39 is 0 Å². The van der Waals surface area contributed by atoms with Crippen LogP contribution in [0, 0.1) is 6.92 Å². The number of nitrogens with one attached hydrogen (secondary N) is 1. The molecule has 4 nitrogen and oxygen atoms in total. The summed E-state index contributed by atoms with van der Waals surface area (Å²) in [6.45, 7) is 7.95. The lowest BCUT2D eigenvalue weighted by atomic mass is 10.1. The second-order valence-electron chi connectivity index (χ2n) is 4.55. The van der Waals surface area contributed by atoms with Crippen LogP contribution in [0.1, 0.15) is 37.0 Å². The second-order valence-corrected chi connectivity index (χ2v) is 4.92. The predicted molar refractivity (Wildman–Crippen MR) is 76.5 cm³/mol. The van der Waals surface area contributed by atoms with Crippen LogP contribution in [0.25, 0.3) is 0 Å². The fraction of sp³-hybridized carbons (Fsp3) is 0.500. The van der Waals surface area contributed by atoms with Gasteiger partial charge in [0, 0.05) is 18.7 Å². The Morgan fingerprint density at radius 3 is 2.79 bits per heavy atom. The Bertz CT molecular complexity index is 533. The van der Waals surface area contributed by atoms with Crippen LogP contribution in [0.2, 0.25) is 5.22 Å². The molecule has 0 fully saturated rings. The monoisotopic (exact) mass is 281 g/mol. The summed E-state index contributed by atoms with van der Waals surface area (Å²) in [6, 6.07) is 5.95. The first-order valence-electron chi connectivity index (χ1n) is 6.66. The summed E-state index contributed by atoms with van der Waals surface area (Å²) in [5, 5.41) is 8.33. The van der Waals surface area contributed by atoms with Crippen molar-refractivity contribution in [2.24, 2.45) is 0 Å². The normalized spacial score (nSPS) is 12.8. The molecule has 0 aliphatic carbocycles. The average Bonchev–Trinajstić information content (AvgIpc) is 2.95. The van der Waals surface area contributed by atoms with Gasteiger partial charge >= 0.3 is 0 Å². The van der Waals surface area contributed by atoms with Gasteiger partial charge in [0.05, 0.1) is 11.7 Å². The smallest absolute Gasteiger partial charge is 0.193 e. The molecule has 104 valence electrons. The molecule has 2 aromatic rings. The van der Waals surface area contributed by atoms with Crippen LogP contribution in [-0.4, -0.2) is 16.3 Å². The molecule has 19 heavy (non-hydrogen) atoms. The Balaban J connectivity index is 2.20. The highest BCUT2D eigenvalue weighted by molar-refractivity contribution is 6.28. The summed E-state index contributed by atoms with van der Waals surface area (Å²) in [5.41, 5.74) is 2.25. The molecule has 1 atom stereocenters. The minimum absolute atomic E-state index is 0.124. The van der Waals surface area contributed by atoms with Crippen molar-refractivity contribution in [3.63, 3.8) is 0 Å². The molecular weight excluding hydrogens is 262 g/mol. The van der Waals surface area contributed by atoms with Crippen molar-refractivity contribution in [2.45, 2.75) is 39.8 Å². The Kier molecular flexibility index (Phi) is 4.66. The molecular formula is C14H20ClN3O. The van der Waals surface area contributed by atoms with Crippen LogP contribution in [0.5, 0.6) is 0 Å². The lowest BCUT2D eigenvalue weighted by Crippen LogP contribution is -2.23. The topological polar surface area (TPSA) is 43.0 Å². The summed E-state index contributed by atoms with van der Waals surface area (Å²) in [4.78, 5) is 0. The molecule has 2 rings (SSSR count). The van der Waals surface area contributed by atoms with E-state index in [1.54, 1.807) is 6.07 Å². The van der Waals surface area contributed by atoms with Gasteiger partial charge in [0.25, 0.3) is 0 Å². The average molecular weight is 282 g/mol. The molecule has 2 aromatic heterocycles. The maximum absolute atomic E-state index is 5.86. The van der Waals surface area contributed by atoms with Crippen molar-refractivity contribution < 1.29 is 4.42 Å². The third kappa shape index (κ3) is 3.39. The number of halogens is 1. The number of nitrogens with zero attached hydrogens (tertiary/aromatic N) is 2. The molecule has 0 aliphatic rings. The molecule has 0 bridgehead atoms. The minimum atomic E-state index is 0.124. The second kappa shape index (κ2) is 6.26. The zero-order chi connectivity index (χ0) is 13.8. The molecule has 0 saturated heterocycles. The van der Waals surface area contributed by atoms with Crippen LogP contribution in [0.15, 0.2) is 22.6 Å². The van der Waals surface area contributed by atoms with Gasteiger partial charge in [-0.25, -0.2) is 0 Å². The van der Waals surface area contributed by atoms with Crippen LogP contribution in [0.3, 0.4) is 0 Å². The fourth-order valence-electron chi connectivity index (χ4n) is 2.28. The Morgan fingerprint density at radius 1 is 1.42 bits per heavy atom. The molecule has 1 N–H and O–H groups in total. The Hall–Kier alpha value is -1.26. The molecule has 0 saturated carbocycles. The van der Waals surface area contributed by atoms with E-state index in [4.69, 9.17) is 16.0 Å². The number of aromatic nitrogens is 2. The van der Waals surface area contributed by atoms with Gasteiger partial charge < -0.3 is 9.73 Å². The first-order valence-corrected chi connectivity index (χ1v) is 7.03. The zero-order valence-electron chi connectivity index (χ0n) is 11.6. The predicted octanol–water partition coefficient (Wildman–Crippen LogP) is 3.35. The van der Waals surface area contributed by atoms with E-state index in [0.29, 0.717) is 5.22 Å². The first kappa shape index (κ1) is 14.2. The van der Waals surface area contributed by atoms with Crippen molar-refractivity contribution in [1.82, 2.24) is 15.1 Å². The van der Waals surface area contributed by atoms with Gasteiger partial charge in [-0.2, -0.15) is 5.10 Å². The van der Waals surface area contributed by atoms with Crippen LogP contribution in [0.4, 0.5) is 0 Å². The Labute approximate surface area is 118 Å². The number of hydrogen-bond donors (Lipinski definition) is 1. The summed E-state index contributed by atoms with van der Waals surface area (Å²) in [5.74, 6) is 0.869. The van der Waals surface area contributed by atoms with E-state index in [1.807, 2.05) is 17.7 Å². The summed E-state index contributed by atoms with van der Waals surface area (Å²) in [7, 11) is 0. The highest BCUT2D eigenvalue weighted by atomic mass is 35.5. The maximum atomic E-state index is 5.86. The van der Waals surface area contributed by atoms with Crippen molar-refractivity contribution in [3.8, 4) is 0 Å². The SMILES string of the molecule is CCNC(Cc1cc(C)nn1CC)c1ccc(Cl)o1. The van der Waals surface area contributed by atoms with Crippen molar-refractivity contribution >= 4 is 11.6 Å². The molecule has 5 heteroatoms. The fourth-order valence-corrected chi connectivity index (χ4v) is 2.43. The lowest BCUT2D eigenvalue weighted by Gasteiger charge is -2.16. The van der Waals surface area contributed by atoms with Crippen molar-refractivity contribution in [3.05, 3.63) is 40.6 Å². The summed E-state index contributed by atoms with van der Waals surface area (Å²) >= 11 is 5.86. The molecule has 0 aromatic carbocycles.